The predicted octanol–water partition coefficient (Wildman–Crippen LogP) is 3.61. The molecule has 0 atom stereocenters. The second-order valence-corrected chi connectivity index (χ2v) is 9.70. The fourth-order valence-electron chi connectivity index (χ4n) is 3.72. The van der Waals surface area contributed by atoms with Crippen molar-refractivity contribution >= 4 is 38.4 Å². The molecule has 2 heterocycles. The van der Waals surface area contributed by atoms with Gasteiger partial charge in [-0.05, 0) is 42.7 Å². The number of piperidine rings is 1. The molecule has 0 radical (unpaired) electrons. The van der Waals surface area contributed by atoms with Gasteiger partial charge in [-0.25, -0.2) is 8.42 Å². The van der Waals surface area contributed by atoms with E-state index in [-0.39, 0.29) is 16.7 Å². The van der Waals surface area contributed by atoms with Crippen LogP contribution in [0.1, 0.15) is 18.4 Å². The van der Waals surface area contributed by atoms with Gasteiger partial charge in [0.15, 0.2) is 0 Å². The van der Waals surface area contributed by atoms with Gasteiger partial charge in [0.2, 0.25) is 15.9 Å². The Hall–Kier alpha value is -2.48. The minimum atomic E-state index is -3.67. The van der Waals surface area contributed by atoms with Gasteiger partial charge in [0, 0.05) is 42.2 Å². The third kappa shape index (κ3) is 4.33. The number of fused-ring (bicyclic) bond motifs is 1. The molecule has 1 fully saturated rings. The van der Waals surface area contributed by atoms with Crippen molar-refractivity contribution in [2.45, 2.75) is 24.3 Å². The Morgan fingerprint density at radius 1 is 1.07 bits per heavy atom. The normalized spacial score (nSPS) is 15.9. The van der Waals surface area contributed by atoms with Gasteiger partial charge in [0.25, 0.3) is 0 Å². The molecule has 156 valence electrons. The molecular formula is C22H22ClN3O3S. The Labute approximate surface area is 180 Å². The van der Waals surface area contributed by atoms with Crippen LogP contribution in [0.15, 0.2) is 65.7 Å². The molecule has 1 amide bonds. The first-order valence-corrected chi connectivity index (χ1v) is 11.6. The highest BCUT2D eigenvalue weighted by atomic mass is 35.5. The average Bonchev–Trinajstić information content (AvgIpc) is 2.78. The quantitative estimate of drug-likeness (QED) is 0.653. The highest BCUT2D eigenvalue weighted by molar-refractivity contribution is 7.89. The minimum Gasteiger partial charge on any atom is -0.352 e. The summed E-state index contributed by atoms with van der Waals surface area (Å²) in [5.41, 5.74) is 1.44. The summed E-state index contributed by atoms with van der Waals surface area (Å²) in [5, 5.41) is 4.38. The molecule has 1 aromatic heterocycles. The number of hydrogen-bond donors (Lipinski definition) is 1. The van der Waals surface area contributed by atoms with Crippen molar-refractivity contribution in [3.05, 3.63) is 71.4 Å². The molecule has 1 saturated heterocycles. The van der Waals surface area contributed by atoms with Crippen LogP contribution in [-0.2, 0) is 21.4 Å². The first-order valence-electron chi connectivity index (χ1n) is 9.81. The number of carbonyl (C=O) groups excluding carboxylic acids is 1. The molecule has 1 N–H and O–H groups in total. The van der Waals surface area contributed by atoms with Crippen molar-refractivity contribution in [2.24, 2.45) is 5.92 Å². The largest absolute Gasteiger partial charge is 0.352 e. The maximum atomic E-state index is 13.2. The lowest BCUT2D eigenvalue weighted by atomic mass is 9.97. The van der Waals surface area contributed by atoms with Crippen LogP contribution in [0, 0.1) is 5.92 Å². The fraction of sp³-hybridized carbons (Fsp3) is 0.273. The first kappa shape index (κ1) is 20.8. The molecule has 2 aromatic carbocycles. The zero-order chi connectivity index (χ0) is 21.1. The lowest BCUT2D eigenvalue weighted by Gasteiger charge is -2.30. The number of benzene rings is 2. The van der Waals surface area contributed by atoms with Crippen LogP contribution in [0.25, 0.3) is 10.9 Å². The maximum absolute atomic E-state index is 13.2. The van der Waals surface area contributed by atoms with Crippen LogP contribution in [0.5, 0.6) is 0 Å². The molecule has 0 spiro atoms. The molecule has 0 saturated carbocycles. The molecule has 0 aliphatic carbocycles. The van der Waals surface area contributed by atoms with Gasteiger partial charge in [0.1, 0.15) is 4.90 Å². The molecule has 8 heteroatoms. The number of rotatable bonds is 5. The minimum absolute atomic E-state index is 0.0474. The number of amides is 1. The fourth-order valence-corrected chi connectivity index (χ4v) is 5.48. The van der Waals surface area contributed by atoms with E-state index in [0.717, 1.165) is 10.9 Å². The number of carbonyl (C=O) groups is 1. The van der Waals surface area contributed by atoms with E-state index in [9.17, 15) is 13.2 Å². The molecule has 4 rings (SSSR count). The van der Waals surface area contributed by atoms with E-state index in [1.54, 1.807) is 36.5 Å². The van der Waals surface area contributed by atoms with E-state index >= 15 is 0 Å². The molecule has 1 aliphatic heterocycles. The maximum Gasteiger partial charge on any atom is 0.245 e. The van der Waals surface area contributed by atoms with E-state index in [1.165, 1.54) is 4.31 Å². The highest BCUT2D eigenvalue weighted by Gasteiger charge is 2.33. The smallest absolute Gasteiger partial charge is 0.245 e. The Morgan fingerprint density at radius 2 is 1.77 bits per heavy atom. The van der Waals surface area contributed by atoms with Crippen molar-refractivity contribution in [3.63, 3.8) is 0 Å². The molecular weight excluding hydrogens is 422 g/mol. The van der Waals surface area contributed by atoms with Gasteiger partial charge < -0.3 is 5.32 Å². The summed E-state index contributed by atoms with van der Waals surface area (Å²) in [6.45, 7) is 1.05. The summed E-state index contributed by atoms with van der Waals surface area (Å²) >= 11 is 5.88. The van der Waals surface area contributed by atoms with Crippen molar-refractivity contribution in [3.8, 4) is 0 Å². The topological polar surface area (TPSA) is 79.4 Å². The van der Waals surface area contributed by atoms with E-state index in [2.05, 4.69) is 10.3 Å². The second-order valence-electron chi connectivity index (χ2n) is 7.35. The van der Waals surface area contributed by atoms with E-state index in [0.29, 0.717) is 43.0 Å². The van der Waals surface area contributed by atoms with Crippen molar-refractivity contribution < 1.29 is 13.2 Å². The molecule has 0 bridgehead atoms. The monoisotopic (exact) mass is 443 g/mol. The number of nitrogens with one attached hydrogen (secondary N) is 1. The van der Waals surface area contributed by atoms with E-state index < -0.39 is 10.0 Å². The number of nitrogens with zero attached hydrogens (tertiary/aromatic N) is 2. The van der Waals surface area contributed by atoms with Gasteiger partial charge in [-0.1, -0.05) is 41.9 Å². The number of para-hydroxylation sites is 1. The number of aromatic nitrogens is 1. The SMILES string of the molecule is O=C(NCc1ccc(Cl)cc1)C1CCN(S(=O)(=O)c2cccc3cccnc23)CC1. The molecule has 3 aromatic rings. The molecule has 30 heavy (non-hydrogen) atoms. The van der Waals surface area contributed by atoms with Gasteiger partial charge in [-0.2, -0.15) is 4.31 Å². The molecule has 6 nitrogen and oxygen atoms in total. The lowest BCUT2D eigenvalue weighted by Crippen LogP contribution is -2.42. The van der Waals surface area contributed by atoms with Crippen LogP contribution >= 0.6 is 11.6 Å². The van der Waals surface area contributed by atoms with Crippen LogP contribution in [0.2, 0.25) is 5.02 Å². The van der Waals surface area contributed by atoms with Crippen molar-refractivity contribution in [1.29, 1.82) is 0 Å². The summed E-state index contributed by atoms with van der Waals surface area (Å²) in [6, 6.07) is 16.1. The van der Waals surface area contributed by atoms with Gasteiger partial charge in [-0.3, -0.25) is 9.78 Å². The number of sulfonamides is 1. The van der Waals surface area contributed by atoms with Crippen LogP contribution in [0.4, 0.5) is 0 Å². The lowest BCUT2D eigenvalue weighted by molar-refractivity contribution is -0.126. The zero-order valence-corrected chi connectivity index (χ0v) is 17.9. The average molecular weight is 444 g/mol. The third-order valence-electron chi connectivity index (χ3n) is 5.42. The summed E-state index contributed by atoms with van der Waals surface area (Å²) in [7, 11) is -3.67. The van der Waals surface area contributed by atoms with Crippen LogP contribution in [0.3, 0.4) is 0 Å². The number of halogens is 1. The van der Waals surface area contributed by atoms with Crippen molar-refractivity contribution in [1.82, 2.24) is 14.6 Å². The van der Waals surface area contributed by atoms with Gasteiger partial charge >= 0.3 is 0 Å². The predicted molar refractivity (Wildman–Crippen MR) is 117 cm³/mol. The van der Waals surface area contributed by atoms with Crippen LogP contribution in [-0.4, -0.2) is 36.7 Å². The zero-order valence-electron chi connectivity index (χ0n) is 16.3. The Balaban J connectivity index is 1.40. The van der Waals surface area contributed by atoms with Crippen LogP contribution < -0.4 is 5.32 Å². The van der Waals surface area contributed by atoms with Crippen molar-refractivity contribution in [2.75, 3.05) is 13.1 Å². The second kappa shape index (κ2) is 8.71. The summed E-state index contributed by atoms with van der Waals surface area (Å²) in [4.78, 5) is 17.0. The Morgan fingerprint density at radius 3 is 2.50 bits per heavy atom. The van der Waals surface area contributed by atoms with Gasteiger partial charge in [0.05, 0.1) is 5.52 Å². The van der Waals surface area contributed by atoms with E-state index in [1.807, 2.05) is 24.3 Å². The Kier molecular flexibility index (Phi) is 6.04. The number of hydrogen-bond acceptors (Lipinski definition) is 4. The molecule has 1 aliphatic rings. The standard InChI is InChI=1S/C22H22ClN3O3S/c23-19-8-6-16(7-9-19)15-25-22(27)18-10-13-26(14-11-18)30(28,29)20-5-1-3-17-4-2-12-24-21(17)20/h1-9,12,18H,10-11,13-15H2,(H,25,27). The first-order chi connectivity index (χ1) is 14.4. The summed E-state index contributed by atoms with van der Waals surface area (Å²) < 4.78 is 27.8. The highest BCUT2D eigenvalue weighted by Crippen LogP contribution is 2.28. The Bertz CT molecular complexity index is 1150. The van der Waals surface area contributed by atoms with Gasteiger partial charge in [-0.15, -0.1) is 0 Å². The van der Waals surface area contributed by atoms with E-state index in [4.69, 9.17) is 11.6 Å². The third-order valence-corrected chi connectivity index (χ3v) is 7.60. The molecule has 0 unspecified atom stereocenters. The number of pyridine rings is 1. The summed E-state index contributed by atoms with van der Waals surface area (Å²) in [5.74, 6) is -0.247. The summed E-state index contributed by atoms with van der Waals surface area (Å²) in [6.07, 6.45) is 2.58.